The van der Waals surface area contributed by atoms with Gasteiger partial charge in [-0.05, 0) is 32.4 Å². The highest BCUT2D eigenvalue weighted by atomic mass is 19.3. The monoisotopic (exact) mass is 221 g/mol. The number of alkyl halides is 2. The van der Waals surface area contributed by atoms with E-state index < -0.39 is 11.9 Å². The molecule has 0 bridgehead atoms. The molecule has 0 aromatic heterocycles. The highest BCUT2D eigenvalue weighted by molar-refractivity contribution is 5.66. The van der Waals surface area contributed by atoms with E-state index in [0.717, 1.165) is 0 Å². The van der Waals surface area contributed by atoms with Gasteiger partial charge in [-0.1, -0.05) is 0 Å². The Morgan fingerprint density at radius 3 is 2.73 bits per heavy atom. The topological polar surface area (TPSA) is 40.5 Å². The van der Waals surface area contributed by atoms with E-state index in [4.69, 9.17) is 5.11 Å². The summed E-state index contributed by atoms with van der Waals surface area (Å²) >= 11 is 0. The number of aliphatic carboxylic acids is 1. The molecular weight excluding hydrogens is 204 g/mol. The molecule has 1 rings (SSSR count). The SMILES string of the molecule is O=C(O)CCCCN1CCCC(F)(F)C1. The van der Waals surface area contributed by atoms with Crippen molar-refractivity contribution < 1.29 is 18.7 Å². The summed E-state index contributed by atoms with van der Waals surface area (Å²) in [5, 5.41) is 8.40. The van der Waals surface area contributed by atoms with Crippen LogP contribution < -0.4 is 0 Å². The average molecular weight is 221 g/mol. The highest BCUT2D eigenvalue weighted by Crippen LogP contribution is 2.26. The molecule has 1 aliphatic rings. The van der Waals surface area contributed by atoms with Crippen LogP contribution in [0.25, 0.3) is 0 Å². The number of piperidine rings is 1. The molecular formula is C10H17F2NO2. The maximum atomic E-state index is 13.0. The maximum Gasteiger partial charge on any atom is 0.303 e. The third-order valence-electron chi connectivity index (χ3n) is 2.59. The Hall–Kier alpha value is -0.710. The second-order valence-corrected chi connectivity index (χ2v) is 4.09. The van der Waals surface area contributed by atoms with Gasteiger partial charge in [-0.25, -0.2) is 8.78 Å². The minimum Gasteiger partial charge on any atom is -0.481 e. The molecule has 0 saturated carbocycles. The van der Waals surface area contributed by atoms with Crippen molar-refractivity contribution in [2.45, 2.75) is 38.0 Å². The number of carboxylic acid groups (broad SMARTS) is 1. The second-order valence-electron chi connectivity index (χ2n) is 4.09. The first-order valence-electron chi connectivity index (χ1n) is 5.32. The summed E-state index contributed by atoms with van der Waals surface area (Å²) in [4.78, 5) is 11.9. The van der Waals surface area contributed by atoms with E-state index in [-0.39, 0.29) is 19.4 Å². The van der Waals surface area contributed by atoms with Crippen LogP contribution in [0.2, 0.25) is 0 Å². The largest absolute Gasteiger partial charge is 0.481 e. The molecule has 1 N–H and O–H groups in total. The molecule has 0 spiro atoms. The van der Waals surface area contributed by atoms with Crippen LogP contribution in [0.1, 0.15) is 32.1 Å². The lowest BCUT2D eigenvalue weighted by Gasteiger charge is -2.32. The lowest BCUT2D eigenvalue weighted by molar-refractivity contribution is -0.137. The average Bonchev–Trinajstić information content (AvgIpc) is 2.10. The number of rotatable bonds is 5. The molecule has 0 atom stereocenters. The molecule has 0 aromatic rings. The van der Waals surface area contributed by atoms with E-state index in [2.05, 4.69) is 0 Å². The van der Waals surface area contributed by atoms with Crippen molar-refractivity contribution in [1.82, 2.24) is 4.90 Å². The van der Waals surface area contributed by atoms with Gasteiger partial charge in [-0.15, -0.1) is 0 Å². The number of halogens is 2. The summed E-state index contributed by atoms with van der Waals surface area (Å²) in [6.45, 7) is 1.13. The standard InChI is InChI=1S/C10H17F2NO2/c11-10(12)5-3-7-13(8-10)6-2-1-4-9(14)15/h1-8H2,(H,14,15). The highest BCUT2D eigenvalue weighted by Gasteiger charge is 2.34. The fourth-order valence-corrected chi connectivity index (χ4v) is 1.85. The van der Waals surface area contributed by atoms with E-state index in [1.54, 1.807) is 4.90 Å². The summed E-state index contributed by atoms with van der Waals surface area (Å²) in [5.74, 6) is -3.37. The number of likely N-dealkylation sites (tertiary alicyclic amines) is 1. The Bertz CT molecular complexity index is 221. The van der Waals surface area contributed by atoms with Crippen molar-refractivity contribution in [3.8, 4) is 0 Å². The predicted molar refractivity (Wildman–Crippen MR) is 52.1 cm³/mol. The number of hydrogen-bond donors (Lipinski definition) is 1. The first-order valence-corrected chi connectivity index (χ1v) is 5.32. The number of carbonyl (C=O) groups is 1. The Morgan fingerprint density at radius 1 is 1.40 bits per heavy atom. The van der Waals surface area contributed by atoms with Crippen LogP contribution in [-0.4, -0.2) is 41.5 Å². The molecule has 1 fully saturated rings. The van der Waals surface area contributed by atoms with Crippen molar-refractivity contribution in [3.63, 3.8) is 0 Å². The van der Waals surface area contributed by atoms with Crippen LogP contribution in [0.15, 0.2) is 0 Å². The van der Waals surface area contributed by atoms with Crippen LogP contribution in [0, 0.1) is 0 Å². The molecule has 0 unspecified atom stereocenters. The minimum atomic E-state index is -2.55. The van der Waals surface area contributed by atoms with Gasteiger partial charge in [0.2, 0.25) is 0 Å². The van der Waals surface area contributed by atoms with Crippen molar-refractivity contribution in [3.05, 3.63) is 0 Å². The third kappa shape index (κ3) is 5.06. The van der Waals surface area contributed by atoms with Gasteiger partial charge >= 0.3 is 5.97 Å². The molecule has 1 heterocycles. The quantitative estimate of drug-likeness (QED) is 0.721. The molecule has 0 amide bonds. The van der Waals surface area contributed by atoms with Crippen LogP contribution in [0.4, 0.5) is 8.78 Å². The van der Waals surface area contributed by atoms with E-state index in [0.29, 0.717) is 32.4 Å². The van der Waals surface area contributed by atoms with Crippen LogP contribution in [0.3, 0.4) is 0 Å². The van der Waals surface area contributed by atoms with Crippen LogP contribution in [0.5, 0.6) is 0 Å². The zero-order chi connectivity index (χ0) is 11.3. The molecule has 1 aliphatic heterocycles. The maximum absolute atomic E-state index is 13.0. The Labute approximate surface area is 88.1 Å². The lowest BCUT2D eigenvalue weighted by atomic mass is 10.1. The summed E-state index contributed by atoms with van der Waals surface area (Å²) < 4.78 is 25.9. The van der Waals surface area contributed by atoms with Crippen LogP contribution >= 0.6 is 0 Å². The van der Waals surface area contributed by atoms with E-state index >= 15 is 0 Å². The van der Waals surface area contributed by atoms with Crippen LogP contribution in [-0.2, 0) is 4.79 Å². The first-order chi connectivity index (χ1) is 6.99. The van der Waals surface area contributed by atoms with Crippen molar-refractivity contribution in [1.29, 1.82) is 0 Å². The lowest BCUT2D eigenvalue weighted by Crippen LogP contribution is -2.42. The van der Waals surface area contributed by atoms with Gasteiger partial charge < -0.3 is 5.11 Å². The third-order valence-corrected chi connectivity index (χ3v) is 2.59. The summed E-state index contributed by atoms with van der Waals surface area (Å²) in [6, 6.07) is 0. The minimum absolute atomic E-state index is 0.0153. The first kappa shape index (κ1) is 12.4. The normalized spacial score (nSPS) is 21.5. The summed E-state index contributed by atoms with van der Waals surface area (Å²) in [5.41, 5.74) is 0. The van der Waals surface area contributed by atoms with Gasteiger partial charge in [-0.3, -0.25) is 9.69 Å². The zero-order valence-corrected chi connectivity index (χ0v) is 8.72. The van der Waals surface area contributed by atoms with Crippen molar-refractivity contribution in [2.24, 2.45) is 0 Å². The molecule has 0 aliphatic carbocycles. The van der Waals surface area contributed by atoms with Gasteiger partial charge in [0.05, 0.1) is 6.54 Å². The van der Waals surface area contributed by atoms with E-state index in [1.807, 2.05) is 0 Å². The van der Waals surface area contributed by atoms with E-state index in [1.165, 1.54) is 0 Å². The predicted octanol–water partition coefficient (Wildman–Crippen LogP) is 1.97. The molecule has 3 nitrogen and oxygen atoms in total. The summed E-state index contributed by atoms with van der Waals surface area (Å²) in [7, 11) is 0. The Kier molecular flexibility index (Phi) is 4.45. The smallest absolute Gasteiger partial charge is 0.303 e. The van der Waals surface area contributed by atoms with Gasteiger partial charge in [0, 0.05) is 12.8 Å². The number of carboxylic acids is 1. The number of hydrogen-bond acceptors (Lipinski definition) is 2. The van der Waals surface area contributed by atoms with Gasteiger partial charge in [0.25, 0.3) is 5.92 Å². The Balaban J connectivity index is 2.13. The number of nitrogens with zero attached hydrogens (tertiary/aromatic N) is 1. The van der Waals surface area contributed by atoms with Gasteiger partial charge in [0.1, 0.15) is 0 Å². The van der Waals surface area contributed by atoms with Crippen molar-refractivity contribution >= 4 is 5.97 Å². The molecule has 5 heteroatoms. The molecule has 15 heavy (non-hydrogen) atoms. The van der Waals surface area contributed by atoms with Gasteiger partial charge in [-0.2, -0.15) is 0 Å². The van der Waals surface area contributed by atoms with E-state index in [9.17, 15) is 13.6 Å². The molecule has 88 valence electrons. The summed E-state index contributed by atoms with van der Waals surface area (Å²) in [6.07, 6.45) is 1.90. The van der Waals surface area contributed by atoms with Gasteiger partial charge in [0.15, 0.2) is 0 Å². The fraction of sp³-hybridized carbons (Fsp3) is 0.900. The van der Waals surface area contributed by atoms with Crippen molar-refractivity contribution in [2.75, 3.05) is 19.6 Å². The molecule has 0 aromatic carbocycles. The molecule has 0 radical (unpaired) electrons. The second kappa shape index (κ2) is 5.39. The zero-order valence-electron chi connectivity index (χ0n) is 8.72. The Morgan fingerprint density at radius 2 is 2.13 bits per heavy atom. The number of unbranched alkanes of at least 4 members (excludes halogenated alkanes) is 1. The molecule has 1 saturated heterocycles. The fourth-order valence-electron chi connectivity index (χ4n) is 1.85.